The van der Waals surface area contributed by atoms with E-state index in [2.05, 4.69) is 40.4 Å². The highest BCUT2D eigenvalue weighted by Crippen LogP contribution is 2.36. The van der Waals surface area contributed by atoms with Crippen molar-refractivity contribution >= 4 is 22.4 Å². The summed E-state index contributed by atoms with van der Waals surface area (Å²) < 4.78 is 1.88. The van der Waals surface area contributed by atoms with Gasteiger partial charge >= 0.3 is 0 Å². The molecule has 5 rings (SSSR count). The number of rotatable bonds is 6. The Bertz CT molecular complexity index is 1360. The van der Waals surface area contributed by atoms with Crippen LogP contribution in [-0.2, 0) is 0 Å². The predicted molar refractivity (Wildman–Crippen MR) is 130 cm³/mol. The minimum Gasteiger partial charge on any atom is -0.338 e. The number of benzene rings is 1. The topological polar surface area (TPSA) is 117 Å². The van der Waals surface area contributed by atoms with Crippen molar-refractivity contribution in [3.05, 3.63) is 64.8 Å². The fourth-order valence-corrected chi connectivity index (χ4v) is 5.05. The Kier molecular flexibility index (Phi) is 5.88. The minimum absolute atomic E-state index is 0.0288. The molecule has 9 heteroatoms. The summed E-state index contributed by atoms with van der Waals surface area (Å²) in [6, 6.07) is 12.4. The van der Waals surface area contributed by atoms with E-state index < -0.39 is 0 Å². The van der Waals surface area contributed by atoms with Crippen LogP contribution in [0.1, 0.15) is 57.2 Å². The average molecular weight is 457 g/mol. The summed E-state index contributed by atoms with van der Waals surface area (Å²) in [5, 5.41) is 27.0. The van der Waals surface area contributed by atoms with Gasteiger partial charge in [-0.05, 0) is 42.5 Å². The summed E-state index contributed by atoms with van der Waals surface area (Å²) in [5.41, 5.74) is 2.48. The zero-order valence-electron chi connectivity index (χ0n) is 19.3. The number of aromatic nitrogens is 6. The SMILES string of the molecule is CC(C)C(c1ccc(Nc2nn(C3CCCCC3C#N)c3cc[nH]c(=O)c23)cc1)n1nccn1. The molecule has 1 aliphatic carbocycles. The average Bonchev–Trinajstić information content (AvgIpc) is 3.49. The molecule has 9 nitrogen and oxygen atoms in total. The van der Waals surface area contributed by atoms with Crippen molar-refractivity contribution in [3.63, 3.8) is 0 Å². The van der Waals surface area contributed by atoms with Crippen molar-refractivity contribution in [2.45, 2.75) is 51.6 Å². The van der Waals surface area contributed by atoms with Gasteiger partial charge in [0.25, 0.3) is 5.56 Å². The fourth-order valence-electron chi connectivity index (χ4n) is 5.05. The molecule has 3 unspecified atom stereocenters. The molecule has 0 radical (unpaired) electrons. The molecule has 4 aromatic rings. The molecule has 0 aliphatic heterocycles. The van der Waals surface area contributed by atoms with Gasteiger partial charge in [-0.3, -0.25) is 9.48 Å². The zero-order valence-corrected chi connectivity index (χ0v) is 19.3. The first-order valence-electron chi connectivity index (χ1n) is 11.8. The van der Waals surface area contributed by atoms with Crippen LogP contribution in [0.5, 0.6) is 0 Å². The number of H-pyrrole nitrogens is 1. The number of anilines is 2. The third-order valence-electron chi connectivity index (χ3n) is 6.67. The van der Waals surface area contributed by atoms with Crippen LogP contribution in [0.3, 0.4) is 0 Å². The van der Waals surface area contributed by atoms with E-state index in [4.69, 9.17) is 5.10 Å². The van der Waals surface area contributed by atoms with Crippen LogP contribution in [0.4, 0.5) is 11.5 Å². The second-order valence-corrected chi connectivity index (χ2v) is 9.23. The van der Waals surface area contributed by atoms with Gasteiger partial charge in [-0.2, -0.15) is 25.4 Å². The van der Waals surface area contributed by atoms with E-state index in [0.717, 1.165) is 42.5 Å². The second-order valence-electron chi connectivity index (χ2n) is 9.23. The fraction of sp³-hybridized carbons (Fsp3) is 0.400. The van der Waals surface area contributed by atoms with Crippen molar-refractivity contribution in [1.82, 2.24) is 29.8 Å². The Hall–Kier alpha value is -3.93. The third kappa shape index (κ3) is 3.96. The lowest BCUT2D eigenvalue weighted by atomic mass is 9.85. The summed E-state index contributed by atoms with van der Waals surface area (Å²) in [4.78, 5) is 17.3. The van der Waals surface area contributed by atoms with E-state index in [1.54, 1.807) is 23.4 Å². The maximum atomic E-state index is 12.8. The Morgan fingerprint density at radius 2 is 1.85 bits per heavy atom. The number of pyridine rings is 1. The number of nitriles is 1. The highest BCUT2D eigenvalue weighted by molar-refractivity contribution is 5.91. The molecule has 34 heavy (non-hydrogen) atoms. The lowest BCUT2D eigenvalue weighted by Gasteiger charge is -2.27. The Balaban J connectivity index is 1.49. The minimum atomic E-state index is -0.197. The number of hydrogen-bond acceptors (Lipinski definition) is 6. The number of fused-ring (bicyclic) bond motifs is 1. The first-order valence-corrected chi connectivity index (χ1v) is 11.8. The highest BCUT2D eigenvalue weighted by Gasteiger charge is 2.30. The Morgan fingerprint density at radius 1 is 1.12 bits per heavy atom. The molecule has 174 valence electrons. The van der Waals surface area contributed by atoms with Gasteiger partial charge in [0.2, 0.25) is 0 Å². The Labute approximate surface area is 197 Å². The number of hydrogen-bond donors (Lipinski definition) is 2. The molecular formula is C25H28N8O. The van der Waals surface area contributed by atoms with Crippen LogP contribution in [0, 0.1) is 23.2 Å². The van der Waals surface area contributed by atoms with Crippen molar-refractivity contribution in [2.24, 2.45) is 11.8 Å². The van der Waals surface area contributed by atoms with Gasteiger partial charge < -0.3 is 10.3 Å². The van der Waals surface area contributed by atoms with Crippen molar-refractivity contribution in [2.75, 3.05) is 5.32 Å². The largest absolute Gasteiger partial charge is 0.338 e. The van der Waals surface area contributed by atoms with Crippen LogP contribution in [0.2, 0.25) is 0 Å². The van der Waals surface area contributed by atoms with E-state index in [0.29, 0.717) is 17.1 Å². The van der Waals surface area contributed by atoms with Crippen molar-refractivity contribution < 1.29 is 0 Å². The second kappa shape index (κ2) is 9.14. The van der Waals surface area contributed by atoms with Gasteiger partial charge in [0.05, 0.1) is 42.0 Å². The summed E-state index contributed by atoms with van der Waals surface area (Å²) in [6.07, 6.45) is 8.87. The monoisotopic (exact) mass is 456 g/mol. The molecule has 0 bridgehead atoms. The van der Waals surface area contributed by atoms with Crippen LogP contribution in [-0.4, -0.2) is 29.8 Å². The molecule has 0 saturated heterocycles. The number of nitrogens with one attached hydrogen (secondary N) is 2. The van der Waals surface area contributed by atoms with E-state index in [9.17, 15) is 10.1 Å². The van der Waals surface area contributed by atoms with Crippen molar-refractivity contribution in [3.8, 4) is 6.07 Å². The van der Waals surface area contributed by atoms with Crippen molar-refractivity contribution in [1.29, 1.82) is 5.26 Å². The first-order chi connectivity index (χ1) is 16.6. The van der Waals surface area contributed by atoms with E-state index in [1.807, 2.05) is 35.0 Å². The lowest BCUT2D eigenvalue weighted by Crippen LogP contribution is -2.23. The summed E-state index contributed by atoms with van der Waals surface area (Å²) in [5.74, 6) is 0.709. The highest BCUT2D eigenvalue weighted by atomic mass is 16.1. The molecule has 0 amide bonds. The van der Waals surface area contributed by atoms with Crippen LogP contribution in [0.15, 0.2) is 53.7 Å². The van der Waals surface area contributed by atoms with E-state index >= 15 is 0 Å². The molecule has 1 fully saturated rings. The molecule has 2 N–H and O–H groups in total. The van der Waals surface area contributed by atoms with Gasteiger partial charge in [0.15, 0.2) is 5.82 Å². The first kappa shape index (κ1) is 21.9. The van der Waals surface area contributed by atoms with Gasteiger partial charge in [-0.15, -0.1) is 0 Å². The summed E-state index contributed by atoms with van der Waals surface area (Å²) in [6.45, 7) is 4.29. The molecule has 3 heterocycles. The van der Waals surface area contributed by atoms with Crippen LogP contribution >= 0.6 is 0 Å². The molecule has 1 saturated carbocycles. The van der Waals surface area contributed by atoms with Crippen LogP contribution < -0.4 is 10.9 Å². The normalized spacial score (nSPS) is 19.2. The standard InChI is InChI=1S/C25H28N8O/c1-16(2)23(33-28-13-14-29-33)17-7-9-19(10-8-17)30-24-22-21(11-12-27-25(22)34)32(31-24)20-6-4-3-5-18(20)15-26/h7-14,16,18,20,23H,3-6H2,1-2H3,(H,27,34)(H,30,31). The summed E-state index contributed by atoms with van der Waals surface area (Å²) >= 11 is 0. The molecule has 1 aliphatic rings. The third-order valence-corrected chi connectivity index (χ3v) is 6.67. The van der Waals surface area contributed by atoms with Gasteiger partial charge in [-0.25, -0.2) is 0 Å². The van der Waals surface area contributed by atoms with E-state index in [-0.39, 0.29) is 23.6 Å². The smallest absolute Gasteiger partial charge is 0.261 e. The zero-order chi connectivity index (χ0) is 23.7. The van der Waals surface area contributed by atoms with Gasteiger partial charge in [0, 0.05) is 11.9 Å². The summed E-state index contributed by atoms with van der Waals surface area (Å²) in [7, 11) is 0. The molecule has 0 spiro atoms. The van der Waals surface area contributed by atoms with Crippen LogP contribution in [0.25, 0.3) is 10.9 Å². The number of nitrogens with zero attached hydrogens (tertiary/aromatic N) is 6. The molecule has 3 aromatic heterocycles. The van der Waals surface area contributed by atoms with Gasteiger partial charge in [-0.1, -0.05) is 38.8 Å². The quantitative estimate of drug-likeness (QED) is 0.439. The Morgan fingerprint density at radius 3 is 2.56 bits per heavy atom. The molecule has 3 atom stereocenters. The van der Waals surface area contributed by atoms with Gasteiger partial charge in [0.1, 0.15) is 5.39 Å². The molecular weight excluding hydrogens is 428 g/mol. The maximum Gasteiger partial charge on any atom is 0.261 e. The maximum absolute atomic E-state index is 12.8. The molecule has 1 aromatic carbocycles. The predicted octanol–water partition coefficient (Wildman–Crippen LogP) is 4.56. The van der Waals surface area contributed by atoms with E-state index in [1.165, 1.54) is 0 Å². The number of aromatic amines is 1. The lowest BCUT2D eigenvalue weighted by molar-refractivity contribution is 0.277.